The summed E-state index contributed by atoms with van der Waals surface area (Å²) in [6, 6.07) is 12.6. The van der Waals surface area contributed by atoms with E-state index in [2.05, 4.69) is 4.57 Å². The number of sulfone groups is 1. The van der Waals surface area contributed by atoms with Gasteiger partial charge in [0, 0.05) is 29.8 Å². The molecule has 0 saturated carbocycles. The van der Waals surface area contributed by atoms with E-state index < -0.39 is 9.84 Å². The first-order chi connectivity index (χ1) is 11.4. The summed E-state index contributed by atoms with van der Waals surface area (Å²) in [6.07, 6.45) is 1.20. The van der Waals surface area contributed by atoms with Gasteiger partial charge < -0.3 is 15.0 Å². The molecule has 0 aliphatic rings. The van der Waals surface area contributed by atoms with Gasteiger partial charge in [-0.25, -0.2) is 8.42 Å². The number of nitrogen functional groups attached to an aromatic ring is 1. The van der Waals surface area contributed by atoms with Crippen molar-refractivity contribution in [2.24, 2.45) is 0 Å². The van der Waals surface area contributed by atoms with E-state index in [4.69, 9.17) is 10.5 Å². The summed E-state index contributed by atoms with van der Waals surface area (Å²) < 4.78 is 30.7. The predicted octanol–water partition coefficient (Wildman–Crippen LogP) is 3.32. The van der Waals surface area contributed by atoms with Gasteiger partial charge in [0.25, 0.3) is 0 Å². The molecule has 0 fully saturated rings. The highest BCUT2D eigenvalue weighted by Gasteiger charge is 2.17. The molecule has 0 amide bonds. The van der Waals surface area contributed by atoms with Crippen molar-refractivity contribution in [2.45, 2.75) is 18.4 Å². The summed E-state index contributed by atoms with van der Waals surface area (Å²) in [5.74, 6) is 0.772. The maximum atomic E-state index is 11.6. The number of fused-ring (bicyclic) bond motifs is 1. The zero-order valence-electron chi connectivity index (χ0n) is 13.9. The Bertz CT molecular complexity index is 1000. The van der Waals surface area contributed by atoms with Crippen molar-refractivity contribution in [3.8, 4) is 17.0 Å². The molecule has 2 aromatic carbocycles. The standard InChI is InChI=1S/C18H20N2O3S/c1-4-20-16-11-13(23-2)7-10-15(16)17(19)18(20)12-5-8-14(9-6-12)24(3,21)22/h5-11H,4,19H2,1-3H3. The van der Waals surface area contributed by atoms with Gasteiger partial charge in [-0.3, -0.25) is 0 Å². The number of aryl methyl sites for hydroxylation is 1. The van der Waals surface area contributed by atoms with E-state index in [1.807, 2.05) is 25.1 Å². The quantitative estimate of drug-likeness (QED) is 0.788. The van der Waals surface area contributed by atoms with Crippen LogP contribution < -0.4 is 10.5 Å². The first kappa shape index (κ1) is 16.4. The molecule has 3 aromatic rings. The number of nitrogens with two attached hydrogens (primary N) is 1. The molecule has 0 aliphatic carbocycles. The van der Waals surface area contributed by atoms with E-state index in [0.29, 0.717) is 10.6 Å². The topological polar surface area (TPSA) is 74.3 Å². The number of hydrogen-bond donors (Lipinski definition) is 1. The number of anilines is 1. The van der Waals surface area contributed by atoms with Gasteiger partial charge in [0.05, 0.1) is 28.9 Å². The van der Waals surface area contributed by atoms with Gasteiger partial charge >= 0.3 is 0 Å². The van der Waals surface area contributed by atoms with Crippen molar-refractivity contribution in [3.05, 3.63) is 42.5 Å². The van der Waals surface area contributed by atoms with Gasteiger partial charge in [0.2, 0.25) is 0 Å². The summed E-state index contributed by atoms with van der Waals surface area (Å²) in [5, 5.41) is 0.958. The highest BCUT2D eigenvalue weighted by atomic mass is 32.2. The third-order valence-corrected chi connectivity index (χ3v) is 5.31. The lowest BCUT2D eigenvalue weighted by Gasteiger charge is -2.10. The zero-order chi connectivity index (χ0) is 17.5. The van der Waals surface area contributed by atoms with Crippen molar-refractivity contribution in [3.63, 3.8) is 0 Å². The number of benzene rings is 2. The minimum atomic E-state index is -3.22. The average molecular weight is 344 g/mol. The minimum Gasteiger partial charge on any atom is -0.497 e. The van der Waals surface area contributed by atoms with E-state index >= 15 is 0 Å². The van der Waals surface area contributed by atoms with Crippen LogP contribution in [0.5, 0.6) is 5.75 Å². The molecule has 0 unspecified atom stereocenters. The fourth-order valence-electron chi connectivity index (χ4n) is 2.98. The number of nitrogens with zero attached hydrogens (tertiary/aromatic N) is 1. The molecule has 1 heterocycles. The van der Waals surface area contributed by atoms with Crippen molar-refractivity contribution in [1.29, 1.82) is 0 Å². The smallest absolute Gasteiger partial charge is 0.175 e. The van der Waals surface area contributed by atoms with Gasteiger partial charge in [-0.15, -0.1) is 0 Å². The van der Waals surface area contributed by atoms with Crippen LogP contribution in [0.2, 0.25) is 0 Å². The second-order valence-electron chi connectivity index (χ2n) is 5.69. The Morgan fingerprint density at radius 3 is 2.33 bits per heavy atom. The van der Waals surface area contributed by atoms with Crippen LogP contribution in [0.1, 0.15) is 6.92 Å². The molecule has 0 bridgehead atoms. The predicted molar refractivity (Wildman–Crippen MR) is 97.1 cm³/mol. The molecular formula is C18H20N2O3S. The van der Waals surface area contributed by atoms with Crippen LogP contribution in [0, 0.1) is 0 Å². The third kappa shape index (κ3) is 2.63. The average Bonchev–Trinajstić information content (AvgIpc) is 2.85. The largest absolute Gasteiger partial charge is 0.497 e. The molecule has 24 heavy (non-hydrogen) atoms. The lowest BCUT2D eigenvalue weighted by Crippen LogP contribution is -2.00. The van der Waals surface area contributed by atoms with Gasteiger partial charge in [0.1, 0.15) is 5.75 Å². The van der Waals surface area contributed by atoms with Crippen molar-refractivity contribution in [1.82, 2.24) is 4.57 Å². The van der Waals surface area contributed by atoms with E-state index in [-0.39, 0.29) is 0 Å². The first-order valence-electron chi connectivity index (χ1n) is 7.63. The van der Waals surface area contributed by atoms with E-state index in [9.17, 15) is 8.42 Å². The number of rotatable bonds is 4. The van der Waals surface area contributed by atoms with Crippen LogP contribution in [0.3, 0.4) is 0 Å². The van der Waals surface area contributed by atoms with Crippen molar-refractivity contribution < 1.29 is 13.2 Å². The van der Waals surface area contributed by atoms with Crippen LogP contribution in [-0.4, -0.2) is 26.4 Å². The second-order valence-corrected chi connectivity index (χ2v) is 7.70. The molecule has 0 aliphatic heterocycles. The van der Waals surface area contributed by atoms with Crippen LogP contribution in [0.4, 0.5) is 5.69 Å². The number of aromatic nitrogens is 1. The van der Waals surface area contributed by atoms with Crippen LogP contribution >= 0.6 is 0 Å². The zero-order valence-corrected chi connectivity index (χ0v) is 14.7. The Kier molecular flexibility index (Phi) is 4.01. The third-order valence-electron chi connectivity index (χ3n) is 4.18. The van der Waals surface area contributed by atoms with Crippen LogP contribution in [0.25, 0.3) is 22.2 Å². The summed E-state index contributed by atoms with van der Waals surface area (Å²) in [5.41, 5.74) is 9.84. The molecule has 6 heteroatoms. The highest BCUT2D eigenvalue weighted by Crippen LogP contribution is 2.37. The second kappa shape index (κ2) is 5.87. The van der Waals surface area contributed by atoms with Crippen LogP contribution in [-0.2, 0) is 16.4 Å². The molecule has 0 saturated heterocycles. The summed E-state index contributed by atoms with van der Waals surface area (Å²) in [4.78, 5) is 0.297. The lowest BCUT2D eigenvalue weighted by molar-refractivity contribution is 0.415. The van der Waals surface area contributed by atoms with E-state index in [1.165, 1.54) is 6.26 Å². The van der Waals surface area contributed by atoms with E-state index in [1.54, 1.807) is 31.4 Å². The maximum Gasteiger partial charge on any atom is 0.175 e. The number of ether oxygens (including phenoxy) is 1. The summed E-state index contributed by atoms with van der Waals surface area (Å²) in [6.45, 7) is 2.79. The molecule has 1 aromatic heterocycles. The summed E-state index contributed by atoms with van der Waals surface area (Å²) in [7, 11) is -1.58. The molecular weight excluding hydrogens is 324 g/mol. The Morgan fingerprint density at radius 2 is 1.79 bits per heavy atom. The molecule has 2 N–H and O–H groups in total. The highest BCUT2D eigenvalue weighted by molar-refractivity contribution is 7.90. The molecule has 0 radical (unpaired) electrons. The molecule has 0 spiro atoms. The molecule has 126 valence electrons. The monoisotopic (exact) mass is 344 g/mol. The lowest BCUT2D eigenvalue weighted by atomic mass is 10.1. The van der Waals surface area contributed by atoms with E-state index in [0.717, 1.165) is 34.5 Å². The maximum absolute atomic E-state index is 11.6. The Morgan fingerprint density at radius 1 is 1.12 bits per heavy atom. The van der Waals surface area contributed by atoms with Gasteiger partial charge in [-0.1, -0.05) is 12.1 Å². The molecule has 3 rings (SSSR count). The Hall–Kier alpha value is -2.47. The SMILES string of the molecule is CCn1c(-c2ccc(S(C)(=O)=O)cc2)c(N)c2ccc(OC)cc21. The fourth-order valence-corrected chi connectivity index (χ4v) is 3.61. The van der Waals surface area contributed by atoms with Gasteiger partial charge in [0.15, 0.2) is 9.84 Å². The first-order valence-corrected chi connectivity index (χ1v) is 9.52. The number of hydrogen-bond acceptors (Lipinski definition) is 4. The Balaban J connectivity index is 2.24. The van der Waals surface area contributed by atoms with Crippen molar-refractivity contribution in [2.75, 3.05) is 19.1 Å². The Labute approximate surface area is 141 Å². The minimum absolute atomic E-state index is 0.297. The van der Waals surface area contributed by atoms with Gasteiger partial charge in [-0.05, 0) is 31.2 Å². The number of methoxy groups -OCH3 is 1. The normalized spacial score (nSPS) is 11.8. The molecule has 5 nitrogen and oxygen atoms in total. The van der Waals surface area contributed by atoms with Gasteiger partial charge in [-0.2, -0.15) is 0 Å². The van der Waals surface area contributed by atoms with Crippen molar-refractivity contribution >= 4 is 26.4 Å². The fraction of sp³-hybridized carbons (Fsp3) is 0.222. The molecule has 0 atom stereocenters. The van der Waals surface area contributed by atoms with Crippen LogP contribution in [0.15, 0.2) is 47.4 Å². The summed E-state index contributed by atoms with van der Waals surface area (Å²) >= 11 is 0.